The quantitative estimate of drug-likeness (QED) is 0.0134. The first kappa shape index (κ1) is 75.5. The maximum atomic E-state index is 15.2. The fraction of sp³-hybridized carbons (Fsp3) is 0.414. The number of hydroxylamine groups is 2. The number of nitrogens with one attached hydrogen (secondary N) is 2. The van der Waals surface area contributed by atoms with Gasteiger partial charge in [-0.05, 0) is 116 Å². The summed E-state index contributed by atoms with van der Waals surface area (Å²) in [5.74, 6) is -7.14. The Labute approximate surface area is 558 Å². The Morgan fingerprint density at radius 2 is 1.11 bits per heavy atom. The number of benzene rings is 4. The van der Waals surface area contributed by atoms with Gasteiger partial charge in [0.1, 0.15) is 21.8 Å². The average Bonchev–Trinajstić information content (AvgIpc) is 1.59. The SMILES string of the molecule is CC1(C)C(/C=C/C2=CC(=C/C=C3/N(CCCS(=O)(=O)O)c4cc(S(=O)(=O)O)c5ccc(S(=O)(=O)O)cc5c4C3(C)C)/CC(C(=O)NCCCCCC(=O)ON3C(=O)CCC3=O)(C(=O)NCCS(=O)(=O)O)C2)=[N+](CCCS(=O)(=O)O)c2ccc3c(S(=O)(=O)O)cc(S(=O)(=O)O)cc3c21. The number of allylic oxidation sites excluding steroid dienone is 8. The molecule has 3 aliphatic heterocycles. The lowest BCUT2D eigenvalue weighted by atomic mass is 9.70. The third kappa shape index (κ3) is 17.1. The van der Waals surface area contributed by atoms with Crippen molar-refractivity contribution in [3.05, 3.63) is 107 Å². The molecule has 1 saturated heterocycles. The summed E-state index contributed by atoms with van der Waals surface area (Å²) in [5, 5.41) is 4.78. The van der Waals surface area contributed by atoms with E-state index >= 15 is 9.59 Å². The number of carbonyl (C=O) groups is 5. The van der Waals surface area contributed by atoms with Crippen molar-refractivity contribution in [1.82, 2.24) is 15.7 Å². The van der Waals surface area contributed by atoms with Crippen molar-refractivity contribution in [2.75, 3.05) is 48.3 Å². The van der Waals surface area contributed by atoms with E-state index in [0.29, 0.717) is 11.1 Å². The van der Waals surface area contributed by atoms with Crippen molar-refractivity contribution in [3.63, 3.8) is 0 Å². The molecular weight excluding hydrogens is 1420 g/mol. The maximum Gasteiger partial charge on any atom is 0.333 e. The Hall–Kier alpha value is -7.25. The van der Waals surface area contributed by atoms with Gasteiger partial charge in [-0.2, -0.15) is 63.5 Å². The zero-order valence-corrected chi connectivity index (χ0v) is 57.7. The third-order valence-corrected chi connectivity index (χ3v) is 22.7. The van der Waals surface area contributed by atoms with Crippen LogP contribution in [0.15, 0.2) is 115 Å². The van der Waals surface area contributed by atoms with Crippen LogP contribution in [0.1, 0.15) is 103 Å². The summed E-state index contributed by atoms with van der Waals surface area (Å²) in [5.41, 5.74) is -4.21. The largest absolute Gasteiger partial charge is 0.355 e. The smallest absolute Gasteiger partial charge is 0.333 e. The van der Waals surface area contributed by atoms with Gasteiger partial charge in [-0.15, -0.1) is 5.06 Å². The molecule has 0 saturated carbocycles. The molecule has 4 aliphatic rings. The van der Waals surface area contributed by atoms with Crippen LogP contribution in [0.5, 0.6) is 0 Å². The van der Waals surface area contributed by atoms with Crippen LogP contribution >= 0.6 is 0 Å². The minimum Gasteiger partial charge on any atom is -0.355 e. The molecule has 0 spiro atoms. The Balaban J connectivity index is 1.32. The molecule has 1 unspecified atom stereocenters. The van der Waals surface area contributed by atoms with E-state index < -0.39 is 173 Å². The number of hydrogen-bond acceptors (Lipinski definition) is 21. The third-order valence-electron chi connectivity index (χ3n) is 16.9. The first-order chi connectivity index (χ1) is 44.5. The van der Waals surface area contributed by atoms with Gasteiger partial charge in [0.25, 0.3) is 82.6 Å². The van der Waals surface area contributed by atoms with Gasteiger partial charge in [0.15, 0.2) is 5.71 Å². The first-order valence-corrected chi connectivity index (χ1v) is 40.0. The van der Waals surface area contributed by atoms with E-state index in [4.69, 9.17) is 4.84 Å². The number of anilines is 1. The molecular formula is C58H68N5O27S7+. The second-order valence-corrected chi connectivity index (χ2v) is 34.8. The lowest BCUT2D eigenvalue weighted by Gasteiger charge is -2.35. The summed E-state index contributed by atoms with van der Waals surface area (Å²) in [4.78, 5) is 69.9. The monoisotopic (exact) mass is 1490 g/mol. The lowest BCUT2D eigenvalue weighted by Crippen LogP contribution is -2.53. The Morgan fingerprint density at radius 3 is 1.69 bits per heavy atom. The molecule has 4 amide bonds. The fourth-order valence-corrected chi connectivity index (χ4v) is 16.5. The number of unbranched alkanes of at least 4 members (excludes halogenated alkanes) is 2. The number of rotatable bonds is 27. The van der Waals surface area contributed by atoms with Gasteiger partial charge in [0, 0.05) is 90.6 Å². The molecule has 9 N–H and O–H groups in total. The van der Waals surface area contributed by atoms with Crippen LogP contribution in [-0.2, 0) is 110 Å². The summed E-state index contributed by atoms with van der Waals surface area (Å²) in [6, 6.07) is 8.01. The van der Waals surface area contributed by atoms with Crippen molar-refractivity contribution >= 4 is 139 Å². The zero-order valence-electron chi connectivity index (χ0n) is 52.0. The highest BCUT2D eigenvalue weighted by atomic mass is 32.2. The Bertz CT molecular complexity index is 5020. The zero-order chi connectivity index (χ0) is 72.2. The molecule has 3 heterocycles. The summed E-state index contributed by atoms with van der Waals surface area (Å²) in [7, 11) is -34.7. The van der Waals surface area contributed by atoms with E-state index in [2.05, 4.69) is 10.6 Å². The minimum absolute atomic E-state index is 0.0458. The molecule has 0 radical (unpaired) electrons. The maximum absolute atomic E-state index is 15.2. The van der Waals surface area contributed by atoms with Crippen LogP contribution in [0.25, 0.3) is 21.5 Å². The van der Waals surface area contributed by atoms with E-state index in [1.54, 1.807) is 27.7 Å². The number of hydrogen-bond donors (Lipinski definition) is 9. The highest BCUT2D eigenvalue weighted by molar-refractivity contribution is 7.87. The average molecular weight is 1490 g/mol. The van der Waals surface area contributed by atoms with Crippen molar-refractivity contribution in [2.45, 2.75) is 122 Å². The normalized spacial score (nSPS) is 19.4. The second-order valence-electron chi connectivity index (χ2n) is 24.5. The van der Waals surface area contributed by atoms with Gasteiger partial charge < -0.3 is 20.4 Å². The standard InChI is InChI=1S/C58H67N5O27S7/c1-56(2)47(61(23-8-25-91(69,70)71)43-16-15-40-42(52(43)56)30-38(95(81,82)83)31-45(40)96(84,85)86)17-11-35-28-36(34-58(33-35,55(68)60-22-27-93(75,76)77)54(67)59-21-7-5-6-10-51(66)90-63-49(64)19-20-50(63)65)12-18-48-57(3,4)53-41-29-37(94(78,79)80)13-14-39(41)46(97(87,88)89)32-44(53)62(48)24-9-26-92(72,73)74/h11-18,28-32H,5-10,19-27,33-34H2,1-4H3,(H8-,59,60,67,68,69,70,71,72,73,74,75,76,77,78,79,80,81,82,83,84,85,86,87,88,89)/p+1. The number of carbonyl (C=O) groups excluding carboxylic acids is 5. The molecule has 39 heteroatoms. The van der Waals surface area contributed by atoms with E-state index in [0.717, 1.165) is 30.3 Å². The molecule has 1 atom stereocenters. The van der Waals surface area contributed by atoms with Gasteiger partial charge in [0.2, 0.25) is 17.5 Å². The Kier molecular flexibility index (Phi) is 21.4. The van der Waals surface area contributed by atoms with Gasteiger partial charge in [-0.3, -0.25) is 51.0 Å². The first-order valence-electron chi connectivity index (χ1n) is 29.4. The van der Waals surface area contributed by atoms with Crippen LogP contribution in [0.3, 0.4) is 0 Å². The van der Waals surface area contributed by atoms with E-state index in [1.807, 2.05) is 0 Å². The highest BCUT2D eigenvalue weighted by Gasteiger charge is 2.50. The van der Waals surface area contributed by atoms with Crippen molar-refractivity contribution in [3.8, 4) is 0 Å². The van der Waals surface area contributed by atoms with Gasteiger partial charge in [-0.25, -0.2) is 4.79 Å². The predicted molar refractivity (Wildman–Crippen MR) is 346 cm³/mol. The molecule has 0 bridgehead atoms. The number of amides is 4. The van der Waals surface area contributed by atoms with Crippen LogP contribution in [0.2, 0.25) is 0 Å². The van der Waals surface area contributed by atoms with Crippen molar-refractivity contribution < 1.29 is 124 Å². The van der Waals surface area contributed by atoms with Gasteiger partial charge >= 0.3 is 5.97 Å². The van der Waals surface area contributed by atoms with Crippen molar-refractivity contribution in [1.29, 1.82) is 0 Å². The second kappa shape index (κ2) is 27.5. The summed E-state index contributed by atoms with van der Waals surface area (Å²) in [6.07, 6.45) is 5.24. The summed E-state index contributed by atoms with van der Waals surface area (Å²) in [6.45, 7) is 4.77. The molecule has 4 aromatic rings. The molecule has 0 aromatic heterocycles. The molecule has 8 rings (SSSR count). The highest BCUT2D eigenvalue weighted by Crippen LogP contribution is 2.53. The molecule has 1 fully saturated rings. The van der Waals surface area contributed by atoms with Gasteiger partial charge in [0.05, 0.1) is 32.5 Å². The van der Waals surface area contributed by atoms with Crippen LogP contribution < -0.4 is 15.5 Å². The summed E-state index contributed by atoms with van der Waals surface area (Å²) >= 11 is 0. The minimum atomic E-state index is -5.24. The van der Waals surface area contributed by atoms with Gasteiger partial charge in [-0.1, -0.05) is 44.6 Å². The van der Waals surface area contributed by atoms with E-state index in [9.17, 15) is 105 Å². The van der Waals surface area contributed by atoms with Crippen LogP contribution in [-0.4, -0.2) is 179 Å². The number of fused-ring (bicyclic) bond motifs is 6. The van der Waals surface area contributed by atoms with Crippen molar-refractivity contribution in [2.24, 2.45) is 5.41 Å². The summed E-state index contributed by atoms with van der Waals surface area (Å²) < 4.78 is 248. The predicted octanol–water partition coefficient (Wildman–Crippen LogP) is 4.07. The van der Waals surface area contributed by atoms with E-state index in [-0.39, 0.29) is 138 Å². The number of imide groups is 1. The molecule has 97 heavy (non-hydrogen) atoms. The van der Waals surface area contributed by atoms with Crippen LogP contribution in [0, 0.1) is 5.41 Å². The Morgan fingerprint density at radius 1 is 0.567 bits per heavy atom. The fourth-order valence-electron chi connectivity index (χ4n) is 12.6. The topological polar surface area (TPSA) is 509 Å². The molecule has 528 valence electrons. The lowest BCUT2D eigenvalue weighted by molar-refractivity contribution is -0.437. The molecule has 4 aromatic carbocycles. The molecule has 32 nitrogen and oxygen atoms in total. The molecule has 1 aliphatic carbocycles. The van der Waals surface area contributed by atoms with E-state index in [1.165, 1.54) is 52.0 Å². The number of nitrogens with zero attached hydrogens (tertiary/aromatic N) is 3. The van der Waals surface area contributed by atoms with Crippen LogP contribution in [0.4, 0.5) is 11.4 Å².